The lowest BCUT2D eigenvalue weighted by Crippen LogP contribution is -2.23. The summed E-state index contributed by atoms with van der Waals surface area (Å²) in [5.74, 6) is -0.285. The molecule has 0 amide bonds. The fourth-order valence-corrected chi connectivity index (χ4v) is 3.76. The molecule has 1 saturated carbocycles. The minimum Gasteiger partial charge on any atom is -0.376 e. The number of rotatable bonds is 7. The van der Waals surface area contributed by atoms with E-state index < -0.39 is 16.1 Å². The monoisotopic (exact) mass is 339 g/mol. The number of hydrogen-bond acceptors (Lipinski definition) is 4. The second kappa shape index (κ2) is 6.29. The number of aromatic nitrogens is 2. The molecule has 1 aromatic heterocycles. The second-order valence-electron chi connectivity index (χ2n) is 5.63. The predicted octanol–water partition coefficient (Wildman–Crippen LogP) is 2.56. The van der Waals surface area contributed by atoms with Crippen molar-refractivity contribution in [3.8, 4) is 0 Å². The molecule has 3 rings (SSSR count). The average molecular weight is 339 g/mol. The second-order valence-corrected chi connectivity index (χ2v) is 7.40. The van der Waals surface area contributed by atoms with Gasteiger partial charge in [0, 0.05) is 13.0 Å². The third-order valence-electron chi connectivity index (χ3n) is 3.82. The minimum atomic E-state index is -3.63. The number of ether oxygens (including phenoxy) is 1. The molecule has 2 aromatic rings. The minimum absolute atomic E-state index is 0.260. The van der Waals surface area contributed by atoms with Crippen LogP contribution in [0.5, 0.6) is 0 Å². The molecule has 1 aliphatic rings. The molecule has 1 fully saturated rings. The van der Waals surface area contributed by atoms with Crippen LogP contribution < -0.4 is 4.72 Å². The molecule has 8 heteroatoms. The molecule has 1 aromatic carbocycles. The SMILES string of the molecule is COC(CS(=O)(=O)Nc1cn[nH]c1C1CC1)c1ccc(F)cc1. The average Bonchev–Trinajstić information content (AvgIpc) is 3.26. The van der Waals surface area contributed by atoms with Crippen LogP contribution in [0, 0.1) is 5.82 Å². The molecule has 1 unspecified atom stereocenters. The Balaban J connectivity index is 1.73. The van der Waals surface area contributed by atoms with Gasteiger partial charge in [0.15, 0.2) is 0 Å². The van der Waals surface area contributed by atoms with Crippen molar-refractivity contribution in [3.63, 3.8) is 0 Å². The first-order valence-electron chi connectivity index (χ1n) is 7.30. The summed E-state index contributed by atoms with van der Waals surface area (Å²) in [7, 11) is -2.20. The fourth-order valence-electron chi connectivity index (χ4n) is 2.45. The van der Waals surface area contributed by atoms with E-state index in [-0.39, 0.29) is 11.6 Å². The highest BCUT2D eigenvalue weighted by molar-refractivity contribution is 7.92. The lowest BCUT2D eigenvalue weighted by atomic mass is 10.1. The Labute approximate surface area is 134 Å². The number of anilines is 1. The lowest BCUT2D eigenvalue weighted by Gasteiger charge is -2.17. The number of methoxy groups -OCH3 is 1. The highest BCUT2D eigenvalue weighted by Gasteiger charge is 2.30. The van der Waals surface area contributed by atoms with E-state index in [2.05, 4.69) is 14.9 Å². The van der Waals surface area contributed by atoms with E-state index in [1.54, 1.807) is 0 Å². The fraction of sp³-hybridized carbons (Fsp3) is 0.400. The number of H-pyrrole nitrogens is 1. The number of aromatic amines is 1. The summed E-state index contributed by atoms with van der Waals surface area (Å²) >= 11 is 0. The number of halogens is 1. The van der Waals surface area contributed by atoms with Gasteiger partial charge in [0.1, 0.15) is 5.82 Å². The summed E-state index contributed by atoms with van der Waals surface area (Å²) in [6.45, 7) is 0. The van der Waals surface area contributed by atoms with Crippen molar-refractivity contribution in [2.45, 2.75) is 24.9 Å². The van der Waals surface area contributed by atoms with Gasteiger partial charge in [-0.25, -0.2) is 12.8 Å². The van der Waals surface area contributed by atoms with Gasteiger partial charge in [-0.15, -0.1) is 0 Å². The number of benzene rings is 1. The van der Waals surface area contributed by atoms with E-state index in [0.29, 0.717) is 17.2 Å². The highest BCUT2D eigenvalue weighted by atomic mass is 32.2. The zero-order valence-electron chi connectivity index (χ0n) is 12.6. The van der Waals surface area contributed by atoms with Crippen molar-refractivity contribution in [1.29, 1.82) is 0 Å². The summed E-state index contributed by atoms with van der Waals surface area (Å²) in [4.78, 5) is 0. The zero-order chi connectivity index (χ0) is 16.4. The predicted molar refractivity (Wildman–Crippen MR) is 84.1 cm³/mol. The van der Waals surface area contributed by atoms with Gasteiger partial charge in [-0.3, -0.25) is 9.82 Å². The van der Waals surface area contributed by atoms with Crippen LogP contribution >= 0.6 is 0 Å². The molecule has 2 N–H and O–H groups in total. The standard InChI is InChI=1S/C15H18FN3O3S/c1-22-14(10-4-6-12(16)7-5-10)9-23(20,21)19-13-8-17-18-15(13)11-2-3-11/h4-8,11,14,19H,2-3,9H2,1H3,(H,17,18). The Kier molecular flexibility index (Phi) is 4.36. The molecule has 6 nitrogen and oxygen atoms in total. The first kappa shape index (κ1) is 15.9. The van der Waals surface area contributed by atoms with Crippen LogP contribution in [0.3, 0.4) is 0 Å². The molecule has 0 aliphatic heterocycles. The molecular formula is C15H18FN3O3S. The van der Waals surface area contributed by atoms with Gasteiger partial charge >= 0.3 is 0 Å². The smallest absolute Gasteiger partial charge is 0.235 e. The van der Waals surface area contributed by atoms with Gasteiger partial charge in [-0.05, 0) is 30.5 Å². The number of nitrogens with zero attached hydrogens (tertiary/aromatic N) is 1. The molecule has 1 atom stereocenters. The van der Waals surface area contributed by atoms with Crippen LogP contribution in [-0.2, 0) is 14.8 Å². The Bertz CT molecular complexity index is 770. The van der Waals surface area contributed by atoms with Gasteiger partial charge in [0.25, 0.3) is 0 Å². The Morgan fingerprint density at radius 1 is 1.39 bits per heavy atom. The summed E-state index contributed by atoms with van der Waals surface area (Å²) in [5, 5.41) is 6.76. The molecule has 0 bridgehead atoms. The van der Waals surface area contributed by atoms with E-state index in [9.17, 15) is 12.8 Å². The van der Waals surface area contributed by atoms with Gasteiger partial charge in [0.2, 0.25) is 10.0 Å². The van der Waals surface area contributed by atoms with Crippen LogP contribution in [0.2, 0.25) is 0 Å². The van der Waals surface area contributed by atoms with Crippen LogP contribution in [0.4, 0.5) is 10.1 Å². The van der Waals surface area contributed by atoms with Crippen LogP contribution in [0.15, 0.2) is 30.5 Å². The van der Waals surface area contributed by atoms with Crippen LogP contribution in [0.25, 0.3) is 0 Å². The van der Waals surface area contributed by atoms with Crippen molar-refractivity contribution < 1.29 is 17.5 Å². The first-order chi connectivity index (χ1) is 11.0. The summed E-state index contributed by atoms with van der Waals surface area (Å²) in [6, 6.07) is 5.60. The molecule has 0 radical (unpaired) electrons. The highest BCUT2D eigenvalue weighted by Crippen LogP contribution is 2.42. The molecule has 23 heavy (non-hydrogen) atoms. The Hall–Kier alpha value is -1.93. The number of nitrogens with one attached hydrogen (secondary N) is 2. The van der Waals surface area contributed by atoms with Gasteiger partial charge in [0.05, 0.1) is 29.4 Å². The normalized spacial score (nSPS) is 16.3. The van der Waals surface area contributed by atoms with E-state index in [0.717, 1.165) is 18.5 Å². The van der Waals surface area contributed by atoms with Crippen LogP contribution in [-0.4, -0.2) is 31.5 Å². The summed E-state index contributed by atoms with van der Waals surface area (Å²) in [6.07, 6.45) is 2.87. The maximum atomic E-state index is 13.0. The van der Waals surface area contributed by atoms with E-state index in [4.69, 9.17) is 4.74 Å². The van der Waals surface area contributed by atoms with E-state index in [1.165, 1.54) is 37.6 Å². The Morgan fingerprint density at radius 2 is 2.09 bits per heavy atom. The molecular weight excluding hydrogens is 321 g/mol. The van der Waals surface area contributed by atoms with Crippen molar-refractivity contribution in [2.75, 3.05) is 17.6 Å². The maximum absolute atomic E-state index is 13.0. The third kappa shape index (κ3) is 3.89. The largest absolute Gasteiger partial charge is 0.376 e. The molecule has 1 aliphatic carbocycles. The van der Waals surface area contributed by atoms with Crippen molar-refractivity contribution in [1.82, 2.24) is 10.2 Å². The molecule has 1 heterocycles. The van der Waals surface area contributed by atoms with E-state index >= 15 is 0 Å². The van der Waals surface area contributed by atoms with Gasteiger partial charge < -0.3 is 4.74 Å². The van der Waals surface area contributed by atoms with Crippen molar-refractivity contribution in [2.24, 2.45) is 0 Å². The van der Waals surface area contributed by atoms with E-state index in [1.807, 2.05) is 0 Å². The molecule has 0 saturated heterocycles. The van der Waals surface area contributed by atoms with Gasteiger partial charge in [-0.2, -0.15) is 5.10 Å². The van der Waals surface area contributed by atoms with Crippen molar-refractivity contribution in [3.05, 3.63) is 47.5 Å². The lowest BCUT2D eigenvalue weighted by molar-refractivity contribution is 0.122. The number of hydrogen-bond donors (Lipinski definition) is 2. The summed E-state index contributed by atoms with van der Waals surface area (Å²) in [5.41, 5.74) is 1.92. The Morgan fingerprint density at radius 3 is 2.70 bits per heavy atom. The molecule has 124 valence electrons. The molecule has 0 spiro atoms. The quantitative estimate of drug-likeness (QED) is 0.812. The zero-order valence-corrected chi connectivity index (χ0v) is 13.4. The number of sulfonamides is 1. The van der Waals surface area contributed by atoms with Crippen LogP contribution in [0.1, 0.15) is 36.1 Å². The third-order valence-corrected chi connectivity index (χ3v) is 5.09. The first-order valence-corrected chi connectivity index (χ1v) is 8.96. The topological polar surface area (TPSA) is 84.1 Å². The van der Waals surface area contributed by atoms with Crippen molar-refractivity contribution >= 4 is 15.7 Å². The maximum Gasteiger partial charge on any atom is 0.235 e. The van der Waals surface area contributed by atoms with Gasteiger partial charge in [-0.1, -0.05) is 12.1 Å². The summed E-state index contributed by atoms with van der Waals surface area (Å²) < 4.78 is 45.6.